The van der Waals surface area contributed by atoms with Crippen molar-refractivity contribution in [2.45, 2.75) is 5.66 Å². The monoisotopic (exact) mass is 213 g/mol. The predicted molar refractivity (Wildman–Crippen MR) is 40.1 cm³/mol. The zero-order valence-electron chi connectivity index (χ0n) is 7.26. The van der Waals surface area contributed by atoms with E-state index in [1.165, 1.54) is 7.05 Å². The van der Waals surface area contributed by atoms with Crippen LogP contribution in [0.4, 0.5) is 0 Å². The van der Waals surface area contributed by atoms with Crippen LogP contribution in [-0.2, 0) is 12.7 Å². The standard InChI is InChI=1S/C4H3N7O4/c1-9-7-3(6-8-9)4(2-5,10(12)13)11(14)15/h1H3. The molecule has 15 heavy (non-hydrogen) atoms. The number of nitrogens with zero attached hydrogens (tertiary/aromatic N) is 7. The van der Waals surface area contributed by atoms with Gasteiger partial charge in [-0.2, -0.15) is 10.1 Å². The Bertz CT molecular complexity index is 444. The smallest absolute Gasteiger partial charge is 0.257 e. The Morgan fingerprint density at radius 1 is 1.47 bits per heavy atom. The van der Waals surface area contributed by atoms with E-state index in [0.717, 1.165) is 10.9 Å². The SMILES string of the molecule is Cn1nnc(C(C#N)([N+](=O)[O-])[N+](=O)[O-])n1. The Labute approximate surface area is 81.2 Å². The van der Waals surface area contributed by atoms with Crippen LogP contribution < -0.4 is 0 Å². The van der Waals surface area contributed by atoms with E-state index in [1.54, 1.807) is 0 Å². The van der Waals surface area contributed by atoms with Gasteiger partial charge in [0.2, 0.25) is 6.07 Å². The molecule has 0 saturated heterocycles. The fourth-order valence-electron chi connectivity index (χ4n) is 0.785. The molecule has 78 valence electrons. The fraction of sp³-hybridized carbons (Fsp3) is 0.500. The van der Waals surface area contributed by atoms with Gasteiger partial charge in [-0.1, -0.05) is 5.10 Å². The second kappa shape index (κ2) is 3.25. The van der Waals surface area contributed by atoms with E-state index in [4.69, 9.17) is 5.26 Å². The van der Waals surface area contributed by atoms with Gasteiger partial charge >= 0.3 is 11.5 Å². The minimum Gasteiger partial charge on any atom is -0.257 e. The minimum absolute atomic E-state index is 0.786. The molecule has 0 aliphatic carbocycles. The van der Waals surface area contributed by atoms with Crippen molar-refractivity contribution in [3.63, 3.8) is 0 Å². The Balaban J connectivity index is 3.42. The Morgan fingerprint density at radius 3 is 2.27 bits per heavy atom. The molecule has 0 aromatic carbocycles. The largest absolute Gasteiger partial charge is 0.607 e. The maximum Gasteiger partial charge on any atom is 0.607 e. The normalized spacial score (nSPS) is 10.7. The lowest BCUT2D eigenvalue weighted by molar-refractivity contribution is -0.792. The summed E-state index contributed by atoms with van der Waals surface area (Å²) in [6, 6.07) is 0.968. The van der Waals surface area contributed by atoms with Crippen LogP contribution in [0.5, 0.6) is 0 Å². The molecule has 0 N–H and O–H groups in total. The topological polar surface area (TPSA) is 154 Å². The van der Waals surface area contributed by atoms with Gasteiger partial charge < -0.3 is 0 Å². The highest BCUT2D eigenvalue weighted by Gasteiger charge is 2.64. The second-order valence-electron chi connectivity index (χ2n) is 2.40. The first-order valence-corrected chi connectivity index (χ1v) is 3.40. The van der Waals surface area contributed by atoms with E-state index in [9.17, 15) is 20.2 Å². The summed E-state index contributed by atoms with van der Waals surface area (Å²) >= 11 is 0. The molecule has 0 radical (unpaired) electrons. The van der Waals surface area contributed by atoms with Crippen molar-refractivity contribution in [3.8, 4) is 6.07 Å². The Kier molecular flexibility index (Phi) is 2.26. The lowest BCUT2D eigenvalue weighted by atomic mass is 10.2. The molecule has 11 nitrogen and oxygen atoms in total. The molecule has 1 aromatic heterocycles. The fourth-order valence-corrected chi connectivity index (χ4v) is 0.785. The van der Waals surface area contributed by atoms with Crippen LogP contribution >= 0.6 is 0 Å². The molecule has 0 spiro atoms. The molecule has 0 bridgehead atoms. The molecule has 0 unspecified atom stereocenters. The highest BCUT2D eigenvalue weighted by Crippen LogP contribution is 2.20. The first kappa shape index (κ1) is 10.4. The first-order valence-electron chi connectivity index (χ1n) is 3.40. The van der Waals surface area contributed by atoms with Crippen molar-refractivity contribution in [1.29, 1.82) is 5.26 Å². The Hall–Kier alpha value is -2.64. The summed E-state index contributed by atoms with van der Waals surface area (Å²) in [5, 5.41) is 39.2. The van der Waals surface area contributed by atoms with Crippen molar-refractivity contribution < 1.29 is 9.85 Å². The van der Waals surface area contributed by atoms with Gasteiger partial charge in [-0.15, -0.1) is 5.10 Å². The number of nitriles is 1. The average molecular weight is 213 g/mol. The van der Waals surface area contributed by atoms with Crippen LogP contribution in [0.2, 0.25) is 0 Å². The second-order valence-corrected chi connectivity index (χ2v) is 2.40. The summed E-state index contributed by atoms with van der Waals surface area (Å²) in [5.74, 6) is -0.873. The van der Waals surface area contributed by atoms with E-state index in [2.05, 4.69) is 15.4 Å². The quantitative estimate of drug-likeness (QED) is 0.331. The third-order valence-electron chi connectivity index (χ3n) is 1.50. The van der Waals surface area contributed by atoms with Gasteiger partial charge in [0, 0.05) is 0 Å². The van der Waals surface area contributed by atoms with Gasteiger partial charge in [0.25, 0.3) is 0 Å². The number of nitro groups is 2. The van der Waals surface area contributed by atoms with Crippen molar-refractivity contribution in [3.05, 3.63) is 26.1 Å². The number of aromatic nitrogens is 4. The molecule has 11 heteroatoms. The number of hydrogen-bond acceptors (Lipinski definition) is 8. The molecule has 0 fully saturated rings. The summed E-state index contributed by atoms with van der Waals surface area (Å²) in [6.07, 6.45) is 0. The van der Waals surface area contributed by atoms with Gasteiger partial charge in [0.05, 0.1) is 7.05 Å². The average Bonchev–Trinajstić information content (AvgIpc) is 2.53. The summed E-state index contributed by atoms with van der Waals surface area (Å²) in [4.78, 5) is 19.1. The summed E-state index contributed by atoms with van der Waals surface area (Å²) < 4.78 is 0. The minimum atomic E-state index is -3.20. The van der Waals surface area contributed by atoms with E-state index in [1.807, 2.05) is 0 Å². The molecule has 0 saturated carbocycles. The lowest BCUT2D eigenvalue weighted by Gasteiger charge is -2.03. The number of tetrazole rings is 1. The number of rotatable bonds is 3. The van der Waals surface area contributed by atoms with Crippen LogP contribution in [0.3, 0.4) is 0 Å². The van der Waals surface area contributed by atoms with E-state index < -0.39 is 21.3 Å². The van der Waals surface area contributed by atoms with Gasteiger partial charge in [-0.05, 0) is 5.21 Å². The van der Waals surface area contributed by atoms with Crippen molar-refractivity contribution in [2.75, 3.05) is 0 Å². The van der Waals surface area contributed by atoms with Crippen LogP contribution in [0, 0.1) is 31.6 Å². The van der Waals surface area contributed by atoms with E-state index in [-0.39, 0.29) is 0 Å². The zero-order chi connectivity index (χ0) is 11.6. The predicted octanol–water partition coefficient (Wildman–Crippen LogP) is -1.56. The maximum atomic E-state index is 10.5. The van der Waals surface area contributed by atoms with Crippen molar-refractivity contribution in [1.82, 2.24) is 20.2 Å². The number of aryl methyl sites for hydroxylation is 1. The molecule has 0 aliphatic heterocycles. The molecular formula is C4H3N7O4. The lowest BCUT2D eigenvalue weighted by Crippen LogP contribution is -2.43. The van der Waals surface area contributed by atoms with Gasteiger partial charge in [-0.3, -0.25) is 20.2 Å². The third kappa shape index (κ3) is 1.33. The summed E-state index contributed by atoms with van der Waals surface area (Å²) in [7, 11) is 1.26. The number of hydrogen-bond donors (Lipinski definition) is 0. The summed E-state index contributed by atoms with van der Waals surface area (Å²) in [5.41, 5.74) is -3.20. The highest BCUT2D eigenvalue weighted by molar-refractivity contribution is 5.05. The molecule has 0 amide bonds. The highest BCUT2D eigenvalue weighted by atomic mass is 16.7. The first-order chi connectivity index (χ1) is 6.95. The van der Waals surface area contributed by atoms with Crippen molar-refractivity contribution >= 4 is 0 Å². The molecule has 1 heterocycles. The van der Waals surface area contributed by atoms with E-state index >= 15 is 0 Å². The van der Waals surface area contributed by atoms with Gasteiger partial charge in [0.1, 0.15) is 9.85 Å². The zero-order valence-corrected chi connectivity index (χ0v) is 7.26. The molecular weight excluding hydrogens is 210 g/mol. The third-order valence-corrected chi connectivity index (χ3v) is 1.50. The Morgan fingerprint density at radius 2 is 2.00 bits per heavy atom. The van der Waals surface area contributed by atoms with Crippen molar-refractivity contribution in [2.24, 2.45) is 7.05 Å². The molecule has 0 aliphatic rings. The molecule has 0 atom stereocenters. The van der Waals surface area contributed by atoms with Crippen LogP contribution in [0.25, 0.3) is 0 Å². The van der Waals surface area contributed by atoms with Gasteiger partial charge in [0.15, 0.2) is 0 Å². The van der Waals surface area contributed by atoms with E-state index in [0.29, 0.717) is 0 Å². The van der Waals surface area contributed by atoms with Crippen LogP contribution in [0.1, 0.15) is 5.82 Å². The maximum absolute atomic E-state index is 10.5. The summed E-state index contributed by atoms with van der Waals surface area (Å²) in [6.45, 7) is 0. The molecule has 1 aromatic rings. The van der Waals surface area contributed by atoms with Crippen LogP contribution in [0.15, 0.2) is 0 Å². The molecule has 1 rings (SSSR count). The van der Waals surface area contributed by atoms with Gasteiger partial charge in [-0.25, -0.2) is 0 Å². The van der Waals surface area contributed by atoms with Crippen LogP contribution in [-0.4, -0.2) is 30.1 Å².